The van der Waals surface area contributed by atoms with Gasteiger partial charge in [-0.1, -0.05) is 30.3 Å². The highest BCUT2D eigenvalue weighted by Gasteiger charge is 2.35. The molecule has 206 valence electrons. The number of urea groups is 1. The molecule has 0 aromatic heterocycles. The molecule has 0 saturated heterocycles. The van der Waals surface area contributed by atoms with Gasteiger partial charge in [-0.25, -0.2) is 9.18 Å². The average Bonchev–Trinajstić information content (AvgIpc) is 3.15. The second-order valence-electron chi connectivity index (χ2n) is 9.91. The molecule has 3 aromatic carbocycles. The lowest BCUT2D eigenvalue weighted by atomic mass is 10.0. The van der Waals surface area contributed by atoms with Gasteiger partial charge >= 0.3 is 12.0 Å². The Morgan fingerprint density at radius 2 is 1.75 bits per heavy atom. The normalized spacial score (nSPS) is 14.8. The predicted molar refractivity (Wildman–Crippen MR) is 148 cm³/mol. The molecule has 0 unspecified atom stereocenters. The van der Waals surface area contributed by atoms with Crippen molar-refractivity contribution in [3.63, 3.8) is 0 Å². The van der Waals surface area contributed by atoms with E-state index < -0.39 is 36.8 Å². The number of para-hydroxylation sites is 2. The first-order valence-corrected chi connectivity index (χ1v) is 13.1. The van der Waals surface area contributed by atoms with Gasteiger partial charge in [-0.15, -0.1) is 0 Å². The van der Waals surface area contributed by atoms with Crippen molar-refractivity contribution in [3.05, 3.63) is 88.7 Å². The van der Waals surface area contributed by atoms with Crippen molar-refractivity contribution < 1.29 is 28.7 Å². The van der Waals surface area contributed by atoms with E-state index in [1.54, 1.807) is 18.2 Å². The number of carboxylic acids is 1. The van der Waals surface area contributed by atoms with Crippen molar-refractivity contribution in [3.8, 4) is 0 Å². The zero-order chi connectivity index (χ0) is 28.4. The molecule has 5 rings (SSSR count). The number of halogens is 1. The number of carbonyl (C=O) groups excluding carboxylic acids is 3. The van der Waals surface area contributed by atoms with Gasteiger partial charge in [0.15, 0.2) is 0 Å². The first-order chi connectivity index (χ1) is 19.2. The van der Waals surface area contributed by atoms with Gasteiger partial charge in [0.2, 0.25) is 5.91 Å². The molecule has 40 heavy (non-hydrogen) atoms. The van der Waals surface area contributed by atoms with Crippen LogP contribution in [0.4, 0.5) is 26.2 Å². The second kappa shape index (κ2) is 11.2. The summed E-state index contributed by atoms with van der Waals surface area (Å²) in [6, 6.07) is 16.5. The molecule has 2 aliphatic rings. The van der Waals surface area contributed by atoms with Gasteiger partial charge in [0.25, 0.3) is 5.91 Å². The molecule has 9 nitrogen and oxygen atoms in total. The van der Waals surface area contributed by atoms with Crippen LogP contribution in [0.15, 0.2) is 60.7 Å². The number of hydrogen-bond acceptors (Lipinski definition) is 4. The van der Waals surface area contributed by atoms with Gasteiger partial charge in [0.1, 0.15) is 24.6 Å². The second-order valence-corrected chi connectivity index (χ2v) is 9.91. The number of anilines is 3. The maximum Gasteiger partial charge on any atom is 0.323 e. The molecule has 0 bridgehead atoms. The summed E-state index contributed by atoms with van der Waals surface area (Å²) >= 11 is 0. The number of hydrogen-bond donors (Lipinski definition) is 2. The van der Waals surface area contributed by atoms with E-state index in [1.807, 2.05) is 30.0 Å². The number of carbonyl (C=O) groups is 4. The summed E-state index contributed by atoms with van der Waals surface area (Å²) in [5.74, 6) is -2.72. The molecular weight excluding hydrogens is 515 g/mol. The molecule has 0 spiro atoms. The fourth-order valence-electron chi connectivity index (χ4n) is 5.26. The van der Waals surface area contributed by atoms with Gasteiger partial charge in [0, 0.05) is 24.3 Å². The predicted octanol–water partition coefficient (Wildman–Crippen LogP) is 4.26. The summed E-state index contributed by atoms with van der Waals surface area (Å²) in [6.07, 6.45) is 2.87. The number of aryl methyl sites for hydroxylation is 2. The van der Waals surface area contributed by atoms with Gasteiger partial charge in [-0.3, -0.25) is 24.2 Å². The van der Waals surface area contributed by atoms with Crippen LogP contribution < -0.4 is 20.0 Å². The van der Waals surface area contributed by atoms with Crippen molar-refractivity contribution in [1.29, 1.82) is 0 Å². The quantitative estimate of drug-likeness (QED) is 0.499. The fourth-order valence-corrected chi connectivity index (χ4v) is 5.26. The van der Waals surface area contributed by atoms with Crippen LogP contribution in [0, 0.1) is 12.7 Å². The van der Waals surface area contributed by atoms with E-state index in [-0.39, 0.29) is 23.8 Å². The third kappa shape index (κ3) is 5.25. The van der Waals surface area contributed by atoms with Gasteiger partial charge in [-0.05, 0) is 73.2 Å². The van der Waals surface area contributed by atoms with Crippen LogP contribution in [0.1, 0.15) is 39.9 Å². The summed E-state index contributed by atoms with van der Waals surface area (Å²) in [5, 5.41) is 11.9. The zero-order valence-corrected chi connectivity index (χ0v) is 22.0. The standard InChI is InChI=1S/C30H29FN4O5/c1-19-15-21(29(39)33-14-5-4-8-20-7-2-3-10-24(20)33)12-13-22(19)16-32-30(40)35-17-26(36)34(18-27(37)38)25-11-6-9-23(31)28(25)35/h2-3,6-7,9-13,15H,4-5,8,14,16-18H2,1H3,(H,32,40)(H,37,38). The number of nitrogens with one attached hydrogen (secondary N) is 1. The van der Waals surface area contributed by atoms with Gasteiger partial charge < -0.3 is 15.3 Å². The highest BCUT2D eigenvalue weighted by atomic mass is 19.1. The van der Waals surface area contributed by atoms with E-state index in [2.05, 4.69) is 11.4 Å². The smallest absolute Gasteiger partial charge is 0.323 e. The van der Waals surface area contributed by atoms with Crippen molar-refractivity contribution in [2.24, 2.45) is 0 Å². The highest BCUT2D eigenvalue weighted by Crippen LogP contribution is 2.36. The summed E-state index contributed by atoms with van der Waals surface area (Å²) in [6.45, 7) is 1.43. The summed E-state index contributed by atoms with van der Waals surface area (Å²) in [4.78, 5) is 54.2. The molecule has 4 amide bonds. The molecule has 0 radical (unpaired) electrons. The first-order valence-electron chi connectivity index (χ1n) is 13.1. The van der Waals surface area contributed by atoms with Crippen LogP contribution in [0.25, 0.3) is 0 Å². The van der Waals surface area contributed by atoms with Gasteiger partial charge in [0.05, 0.1) is 5.69 Å². The number of amides is 4. The molecule has 0 aliphatic carbocycles. The summed E-state index contributed by atoms with van der Waals surface area (Å²) in [5.41, 5.74) is 4.04. The van der Waals surface area contributed by atoms with Crippen LogP contribution >= 0.6 is 0 Å². The molecule has 10 heteroatoms. The molecule has 2 N–H and O–H groups in total. The van der Waals surface area contributed by atoms with Crippen LogP contribution in [0.2, 0.25) is 0 Å². The Bertz CT molecular complexity index is 1510. The molecule has 2 aliphatic heterocycles. The van der Waals surface area contributed by atoms with Crippen LogP contribution in [0.3, 0.4) is 0 Å². The number of rotatable bonds is 5. The minimum absolute atomic E-state index is 0.0166. The highest BCUT2D eigenvalue weighted by molar-refractivity contribution is 6.12. The SMILES string of the molecule is Cc1cc(C(=O)N2CCCCc3ccccc32)ccc1CNC(=O)N1CC(=O)N(CC(=O)O)c2cccc(F)c21. The largest absolute Gasteiger partial charge is 0.480 e. The van der Waals surface area contributed by atoms with Crippen LogP contribution in [-0.4, -0.2) is 48.6 Å². The molecule has 3 aromatic rings. The molecular formula is C30H29FN4O5. The fraction of sp³-hybridized carbons (Fsp3) is 0.267. The van der Waals surface area contributed by atoms with Crippen LogP contribution in [-0.2, 0) is 22.6 Å². The van der Waals surface area contributed by atoms with E-state index in [0.717, 1.165) is 57.5 Å². The van der Waals surface area contributed by atoms with Crippen molar-refractivity contribution in [2.75, 3.05) is 34.3 Å². The third-order valence-electron chi connectivity index (χ3n) is 7.28. The minimum atomic E-state index is -1.25. The minimum Gasteiger partial charge on any atom is -0.480 e. The average molecular weight is 545 g/mol. The number of benzene rings is 3. The molecule has 2 heterocycles. The van der Waals surface area contributed by atoms with Crippen molar-refractivity contribution in [1.82, 2.24) is 5.32 Å². The maximum absolute atomic E-state index is 14.8. The Labute approximate surface area is 230 Å². The Kier molecular flexibility index (Phi) is 7.50. The summed E-state index contributed by atoms with van der Waals surface area (Å²) in [7, 11) is 0. The van der Waals surface area contributed by atoms with E-state index in [1.165, 1.54) is 12.1 Å². The van der Waals surface area contributed by atoms with Crippen molar-refractivity contribution >= 4 is 40.9 Å². The van der Waals surface area contributed by atoms with E-state index in [9.17, 15) is 23.6 Å². The zero-order valence-electron chi connectivity index (χ0n) is 22.0. The molecule has 0 fully saturated rings. The topological polar surface area (TPSA) is 110 Å². The lowest BCUT2D eigenvalue weighted by molar-refractivity contribution is -0.136. The summed E-state index contributed by atoms with van der Waals surface area (Å²) < 4.78 is 14.8. The number of fused-ring (bicyclic) bond motifs is 2. The Morgan fingerprint density at radius 1 is 0.975 bits per heavy atom. The Morgan fingerprint density at radius 3 is 2.52 bits per heavy atom. The third-order valence-corrected chi connectivity index (χ3v) is 7.28. The Balaban J connectivity index is 1.31. The monoisotopic (exact) mass is 544 g/mol. The van der Waals surface area contributed by atoms with E-state index in [4.69, 9.17) is 5.11 Å². The van der Waals surface area contributed by atoms with E-state index >= 15 is 0 Å². The van der Waals surface area contributed by atoms with Crippen LogP contribution in [0.5, 0.6) is 0 Å². The lowest BCUT2D eigenvalue weighted by Crippen LogP contribution is -2.52. The Hall–Kier alpha value is -4.73. The number of aliphatic carboxylic acids is 1. The maximum atomic E-state index is 14.8. The number of nitrogens with zero attached hydrogens (tertiary/aromatic N) is 3. The lowest BCUT2D eigenvalue weighted by Gasteiger charge is -2.35. The number of carboxylic acid groups (broad SMARTS) is 1. The van der Waals surface area contributed by atoms with Gasteiger partial charge in [-0.2, -0.15) is 0 Å². The van der Waals surface area contributed by atoms with Crippen molar-refractivity contribution in [2.45, 2.75) is 32.7 Å². The molecule has 0 saturated carbocycles. The van der Waals surface area contributed by atoms with E-state index in [0.29, 0.717) is 12.1 Å². The first kappa shape index (κ1) is 26.9. The molecule has 0 atom stereocenters.